The van der Waals surface area contributed by atoms with Crippen molar-refractivity contribution < 1.29 is 9.53 Å². The lowest BCUT2D eigenvalue weighted by molar-refractivity contribution is -0.132. The number of benzene rings is 1. The van der Waals surface area contributed by atoms with Crippen LogP contribution in [0.25, 0.3) is 6.08 Å². The monoisotopic (exact) mass is 341 g/mol. The smallest absolute Gasteiger partial charge is 0.247 e. The van der Waals surface area contributed by atoms with Crippen LogP contribution in [0, 0.1) is 0 Å². The molecule has 3 nitrogen and oxygen atoms in total. The third-order valence-corrected chi connectivity index (χ3v) is 5.74. The minimum absolute atomic E-state index is 0.185. The molecule has 2 fully saturated rings. The fourth-order valence-corrected chi connectivity index (χ4v) is 4.43. The minimum Gasteiger partial charge on any atom is -0.496 e. The highest BCUT2D eigenvalue weighted by atomic mass is 16.5. The molecule has 0 bridgehead atoms. The number of hydrogen-bond donors (Lipinski definition) is 0. The second-order valence-electron chi connectivity index (χ2n) is 7.40. The predicted molar refractivity (Wildman–Crippen MR) is 103 cm³/mol. The number of hydrogen-bond acceptors (Lipinski definition) is 2. The van der Waals surface area contributed by atoms with Crippen LogP contribution in [0.2, 0.25) is 0 Å². The van der Waals surface area contributed by atoms with Gasteiger partial charge >= 0.3 is 0 Å². The SMILES string of the molecule is COc1ccccc1/C=C/C(=O)N(C1CCCCC1)C1CCCCC1. The van der Waals surface area contributed by atoms with Crippen molar-refractivity contribution in [2.45, 2.75) is 76.3 Å². The normalized spacial score (nSPS) is 19.9. The molecule has 0 atom stereocenters. The Kier molecular flexibility index (Phi) is 6.55. The second-order valence-corrected chi connectivity index (χ2v) is 7.40. The highest BCUT2D eigenvalue weighted by Crippen LogP contribution is 2.30. The van der Waals surface area contributed by atoms with Crippen LogP contribution in [0.3, 0.4) is 0 Å². The first-order chi connectivity index (χ1) is 12.3. The Bertz CT molecular complexity index is 565. The van der Waals surface area contributed by atoms with E-state index in [0.29, 0.717) is 12.1 Å². The number of carbonyl (C=O) groups excluding carboxylic acids is 1. The summed E-state index contributed by atoms with van der Waals surface area (Å²) in [4.78, 5) is 15.4. The van der Waals surface area contributed by atoms with E-state index in [4.69, 9.17) is 4.74 Å². The fourth-order valence-electron chi connectivity index (χ4n) is 4.43. The maximum absolute atomic E-state index is 13.1. The van der Waals surface area contributed by atoms with E-state index in [1.807, 2.05) is 30.3 Å². The third-order valence-electron chi connectivity index (χ3n) is 5.74. The highest BCUT2D eigenvalue weighted by molar-refractivity contribution is 5.92. The summed E-state index contributed by atoms with van der Waals surface area (Å²) in [7, 11) is 1.67. The molecule has 2 aliphatic carbocycles. The van der Waals surface area contributed by atoms with Gasteiger partial charge in [-0.3, -0.25) is 4.79 Å². The molecule has 0 radical (unpaired) electrons. The zero-order valence-corrected chi connectivity index (χ0v) is 15.5. The molecular formula is C22H31NO2. The Hall–Kier alpha value is -1.77. The number of carbonyl (C=O) groups is 1. The summed E-state index contributed by atoms with van der Waals surface area (Å²) in [5, 5.41) is 0. The fraction of sp³-hybridized carbons (Fsp3) is 0.591. The van der Waals surface area contributed by atoms with E-state index >= 15 is 0 Å². The molecule has 0 N–H and O–H groups in total. The number of amides is 1. The Morgan fingerprint density at radius 2 is 1.52 bits per heavy atom. The number of ether oxygens (including phenoxy) is 1. The summed E-state index contributed by atoms with van der Waals surface area (Å²) >= 11 is 0. The lowest BCUT2D eigenvalue weighted by Crippen LogP contribution is -2.48. The van der Waals surface area contributed by atoms with Crippen molar-refractivity contribution in [1.29, 1.82) is 0 Å². The van der Waals surface area contributed by atoms with Gasteiger partial charge in [-0.15, -0.1) is 0 Å². The third kappa shape index (κ3) is 4.65. The van der Waals surface area contributed by atoms with Crippen molar-refractivity contribution in [2.75, 3.05) is 7.11 Å². The molecule has 0 aliphatic heterocycles. The zero-order chi connectivity index (χ0) is 17.5. The zero-order valence-electron chi connectivity index (χ0n) is 15.5. The molecule has 1 aromatic carbocycles. The van der Waals surface area contributed by atoms with Crippen molar-refractivity contribution in [2.24, 2.45) is 0 Å². The molecule has 1 amide bonds. The van der Waals surface area contributed by atoms with Crippen LogP contribution in [0.4, 0.5) is 0 Å². The van der Waals surface area contributed by atoms with E-state index in [1.165, 1.54) is 64.2 Å². The first-order valence-electron chi connectivity index (χ1n) is 9.93. The van der Waals surface area contributed by atoms with Gasteiger partial charge in [-0.25, -0.2) is 0 Å². The molecule has 0 heterocycles. The number of methoxy groups -OCH3 is 1. The predicted octanol–water partition coefficient (Wildman–Crippen LogP) is 5.20. The first-order valence-corrected chi connectivity index (χ1v) is 9.93. The van der Waals surface area contributed by atoms with Gasteiger partial charge in [0.2, 0.25) is 5.91 Å². The largest absolute Gasteiger partial charge is 0.496 e. The maximum Gasteiger partial charge on any atom is 0.247 e. The van der Waals surface area contributed by atoms with Gasteiger partial charge in [0, 0.05) is 23.7 Å². The van der Waals surface area contributed by atoms with Crippen molar-refractivity contribution in [3.8, 4) is 5.75 Å². The summed E-state index contributed by atoms with van der Waals surface area (Å²) in [6.07, 6.45) is 16.1. The van der Waals surface area contributed by atoms with Crippen LogP contribution in [-0.2, 0) is 4.79 Å². The van der Waals surface area contributed by atoms with Crippen LogP contribution < -0.4 is 4.74 Å². The van der Waals surface area contributed by atoms with E-state index in [1.54, 1.807) is 13.2 Å². The number of para-hydroxylation sites is 1. The Morgan fingerprint density at radius 1 is 0.960 bits per heavy atom. The van der Waals surface area contributed by atoms with Gasteiger partial charge in [-0.1, -0.05) is 56.7 Å². The van der Waals surface area contributed by atoms with E-state index < -0.39 is 0 Å². The van der Waals surface area contributed by atoms with Crippen molar-refractivity contribution in [3.63, 3.8) is 0 Å². The summed E-state index contributed by atoms with van der Waals surface area (Å²) < 4.78 is 5.39. The van der Waals surface area contributed by atoms with E-state index in [2.05, 4.69) is 4.90 Å². The molecule has 0 aromatic heterocycles. The molecule has 2 saturated carbocycles. The van der Waals surface area contributed by atoms with Crippen LogP contribution >= 0.6 is 0 Å². The summed E-state index contributed by atoms with van der Waals surface area (Å²) in [6.45, 7) is 0. The number of nitrogens with zero attached hydrogens (tertiary/aromatic N) is 1. The van der Waals surface area contributed by atoms with Gasteiger partial charge in [0.1, 0.15) is 5.75 Å². The quantitative estimate of drug-likeness (QED) is 0.689. The van der Waals surface area contributed by atoms with Crippen LogP contribution in [0.15, 0.2) is 30.3 Å². The Balaban J connectivity index is 1.76. The molecule has 0 saturated heterocycles. The van der Waals surface area contributed by atoms with Gasteiger partial charge in [-0.05, 0) is 37.8 Å². The molecule has 2 aliphatic rings. The van der Waals surface area contributed by atoms with Gasteiger partial charge in [-0.2, -0.15) is 0 Å². The van der Waals surface area contributed by atoms with Gasteiger partial charge in [0.15, 0.2) is 0 Å². The molecule has 0 unspecified atom stereocenters. The molecule has 25 heavy (non-hydrogen) atoms. The van der Waals surface area contributed by atoms with Crippen LogP contribution in [-0.4, -0.2) is 30.0 Å². The summed E-state index contributed by atoms with van der Waals surface area (Å²) in [5.74, 6) is 0.998. The van der Waals surface area contributed by atoms with Crippen LogP contribution in [0.5, 0.6) is 5.75 Å². The molecule has 1 aromatic rings. The van der Waals surface area contributed by atoms with Crippen molar-refractivity contribution in [3.05, 3.63) is 35.9 Å². The van der Waals surface area contributed by atoms with Gasteiger partial charge < -0.3 is 9.64 Å². The average molecular weight is 341 g/mol. The first kappa shape index (κ1) is 18.0. The van der Waals surface area contributed by atoms with E-state index in [-0.39, 0.29) is 5.91 Å². The minimum atomic E-state index is 0.185. The highest BCUT2D eigenvalue weighted by Gasteiger charge is 2.31. The average Bonchev–Trinajstić information content (AvgIpc) is 2.68. The van der Waals surface area contributed by atoms with Crippen molar-refractivity contribution >= 4 is 12.0 Å². The van der Waals surface area contributed by atoms with Gasteiger partial charge in [0.25, 0.3) is 0 Å². The summed E-state index contributed by atoms with van der Waals surface area (Å²) in [5.41, 5.74) is 0.964. The molecular weight excluding hydrogens is 310 g/mol. The topological polar surface area (TPSA) is 29.5 Å². The summed E-state index contributed by atoms with van der Waals surface area (Å²) in [6, 6.07) is 8.73. The second kappa shape index (κ2) is 9.07. The number of rotatable bonds is 5. The van der Waals surface area contributed by atoms with Crippen LogP contribution in [0.1, 0.15) is 69.8 Å². The standard InChI is InChI=1S/C22H31NO2/c1-25-21-15-9-8-10-18(21)16-17-22(24)23(19-11-4-2-5-12-19)20-13-6-3-7-14-20/h8-10,15-17,19-20H,2-7,11-14H2,1H3/b17-16+. The Morgan fingerprint density at radius 3 is 2.08 bits per heavy atom. The molecule has 136 valence electrons. The molecule has 3 rings (SSSR count). The van der Waals surface area contributed by atoms with E-state index in [0.717, 1.165) is 11.3 Å². The lowest BCUT2D eigenvalue weighted by atomic mass is 9.88. The van der Waals surface area contributed by atoms with Gasteiger partial charge in [0.05, 0.1) is 7.11 Å². The molecule has 0 spiro atoms. The lowest BCUT2D eigenvalue weighted by Gasteiger charge is -2.41. The van der Waals surface area contributed by atoms with E-state index in [9.17, 15) is 4.79 Å². The van der Waals surface area contributed by atoms with Crippen molar-refractivity contribution in [1.82, 2.24) is 4.90 Å². The maximum atomic E-state index is 13.1. The Labute approximate surface area is 152 Å². The molecule has 3 heteroatoms.